The first kappa shape index (κ1) is 19.2. The number of hydrogen-bond acceptors (Lipinski definition) is 5. The summed E-state index contributed by atoms with van der Waals surface area (Å²) in [4.78, 5) is 18.1. The summed E-state index contributed by atoms with van der Waals surface area (Å²) in [5, 5.41) is 4.22. The molecule has 8 heteroatoms. The van der Waals surface area contributed by atoms with E-state index in [0.717, 1.165) is 10.3 Å². The Hall–Kier alpha value is -2.09. The van der Waals surface area contributed by atoms with E-state index in [0.29, 0.717) is 28.2 Å². The van der Waals surface area contributed by atoms with Crippen molar-refractivity contribution in [2.24, 2.45) is 0 Å². The predicted octanol–water partition coefficient (Wildman–Crippen LogP) is 4.42. The summed E-state index contributed by atoms with van der Waals surface area (Å²) in [7, 11) is -2.97. The molecule has 1 unspecified atom stereocenters. The minimum absolute atomic E-state index is 0.0346. The van der Waals surface area contributed by atoms with Gasteiger partial charge in [0.15, 0.2) is 9.84 Å². The third-order valence-corrected chi connectivity index (χ3v) is 8.08. The van der Waals surface area contributed by atoms with Crippen LogP contribution < -0.4 is 5.32 Å². The number of pyridine rings is 1. The molecule has 1 aliphatic heterocycles. The van der Waals surface area contributed by atoms with E-state index in [1.54, 1.807) is 30.5 Å². The van der Waals surface area contributed by atoms with Gasteiger partial charge >= 0.3 is 0 Å². The molecule has 0 spiro atoms. The lowest BCUT2D eigenvalue weighted by Gasteiger charge is -2.13. The minimum atomic E-state index is -2.97. The van der Waals surface area contributed by atoms with Crippen LogP contribution in [0.4, 0.5) is 5.69 Å². The molecule has 0 aliphatic carbocycles. The SMILES string of the molecule is O=C(Nc1cc(Cl)cc2cccnc12)c1ccccc1SC1CCS(=O)(=O)C1. The van der Waals surface area contributed by atoms with Crippen molar-refractivity contribution >= 4 is 55.7 Å². The Morgan fingerprint density at radius 1 is 1.18 bits per heavy atom. The molecule has 144 valence electrons. The van der Waals surface area contributed by atoms with Gasteiger partial charge in [0.25, 0.3) is 5.91 Å². The lowest BCUT2D eigenvalue weighted by atomic mass is 10.1. The molecule has 0 bridgehead atoms. The number of thioether (sulfide) groups is 1. The molecule has 1 fully saturated rings. The van der Waals surface area contributed by atoms with Crippen LogP contribution in [0.2, 0.25) is 5.02 Å². The Morgan fingerprint density at radius 2 is 2.00 bits per heavy atom. The zero-order valence-corrected chi connectivity index (χ0v) is 17.2. The molecule has 5 nitrogen and oxygen atoms in total. The second-order valence-electron chi connectivity index (χ2n) is 6.62. The van der Waals surface area contributed by atoms with Gasteiger partial charge in [-0.3, -0.25) is 9.78 Å². The number of nitrogens with one attached hydrogen (secondary N) is 1. The summed E-state index contributed by atoms with van der Waals surface area (Å²) in [6.07, 6.45) is 2.27. The first-order valence-corrected chi connectivity index (χ1v) is 11.8. The smallest absolute Gasteiger partial charge is 0.256 e. The highest BCUT2D eigenvalue weighted by Gasteiger charge is 2.29. The van der Waals surface area contributed by atoms with Crippen LogP contribution in [-0.4, -0.2) is 36.1 Å². The average Bonchev–Trinajstić information content (AvgIpc) is 3.00. The number of sulfone groups is 1. The highest BCUT2D eigenvalue weighted by Crippen LogP contribution is 2.34. The molecule has 2 aromatic carbocycles. The monoisotopic (exact) mass is 432 g/mol. The van der Waals surface area contributed by atoms with Gasteiger partial charge in [0.05, 0.1) is 28.3 Å². The van der Waals surface area contributed by atoms with Crippen molar-refractivity contribution in [3.8, 4) is 0 Å². The van der Waals surface area contributed by atoms with Crippen molar-refractivity contribution in [3.63, 3.8) is 0 Å². The van der Waals surface area contributed by atoms with Crippen molar-refractivity contribution in [3.05, 3.63) is 65.3 Å². The highest BCUT2D eigenvalue weighted by molar-refractivity contribution is 8.02. The van der Waals surface area contributed by atoms with Crippen LogP contribution in [-0.2, 0) is 9.84 Å². The molecule has 1 saturated heterocycles. The molecular weight excluding hydrogens is 416 g/mol. The molecule has 1 atom stereocenters. The standard InChI is InChI=1S/C20H17ClN2O3S2/c21-14-10-13-4-3-8-22-19(13)17(11-14)23-20(24)16-5-1-2-6-18(16)27-15-7-9-28(25,26)12-15/h1-6,8,10-11,15H,7,9,12H2,(H,23,24). The number of carbonyl (C=O) groups is 1. The van der Waals surface area contributed by atoms with Gasteiger partial charge in [0.1, 0.15) is 0 Å². The van der Waals surface area contributed by atoms with E-state index in [4.69, 9.17) is 11.6 Å². The highest BCUT2D eigenvalue weighted by atomic mass is 35.5. The zero-order valence-electron chi connectivity index (χ0n) is 14.8. The van der Waals surface area contributed by atoms with E-state index in [9.17, 15) is 13.2 Å². The van der Waals surface area contributed by atoms with E-state index in [1.165, 1.54) is 11.8 Å². The van der Waals surface area contributed by atoms with Gasteiger partial charge in [0.2, 0.25) is 0 Å². The summed E-state index contributed by atoms with van der Waals surface area (Å²) >= 11 is 7.63. The maximum atomic E-state index is 13.0. The van der Waals surface area contributed by atoms with Crippen LogP contribution >= 0.6 is 23.4 Å². The summed E-state index contributed by atoms with van der Waals surface area (Å²) in [6, 6.07) is 14.4. The van der Waals surface area contributed by atoms with Crippen LogP contribution in [0.15, 0.2) is 59.6 Å². The summed E-state index contributed by atoms with van der Waals surface area (Å²) in [5.74, 6) is 0.0774. The third kappa shape index (κ3) is 4.16. The molecule has 1 aliphatic rings. The number of nitrogens with zero attached hydrogens (tertiary/aromatic N) is 1. The first-order chi connectivity index (χ1) is 13.4. The fourth-order valence-electron chi connectivity index (χ4n) is 3.23. The van der Waals surface area contributed by atoms with Gasteiger partial charge in [0, 0.05) is 26.8 Å². The molecule has 0 saturated carbocycles. The molecule has 1 amide bonds. The van der Waals surface area contributed by atoms with Gasteiger partial charge in [-0.15, -0.1) is 11.8 Å². The topological polar surface area (TPSA) is 76.1 Å². The molecule has 1 aromatic heterocycles. The van der Waals surface area contributed by atoms with Crippen molar-refractivity contribution in [2.45, 2.75) is 16.6 Å². The van der Waals surface area contributed by atoms with Crippen LogP contribution in [0.1, 0.15) is 16.8 Å². The van der Waals surface area contributed by atoms with Crippen LogP contribution in [0.25, 0.3) is 10.9 Å². The number of benzene rings is 2. The molecule has 0 radical (unpaired) electrons. The maximum Gasteiger partial charge on any atom is 0.256 e. The van der Waals surface area contributed by atoms with Crippen LogP contribution in [0.3, 0.4) is 0 Å². The van der Waals surface area contributed by atoms with E-state index in [1.807, 2.05) is 24.3 Å². The van der Waals surface area contributed by atoms with Crippen LogP contribution in [0, 0.1) is 0 Å². The third-order valence-electron chi connectivity index (χ3n) is 4.53. The number of fused-ring (bicyclic) bond motifs is 1. The lowest BCUT2D eigenvalue weighted by Crippen LogP contribution is -2.14. The maximum absolute atomic E-state index is 13.0. The largest absolute Gasteiger partial charge is 0.320 e. The van der Waals surface area contributed by atoms with Gasteiger partial charge in [-0.25, -0.2) is 8.42 Å². The van der Waals surface area contributed by atoms with Gasteiger partial charge < -0.3 is 5.32 Å². The summed E-state index contributed by atoms with van der Waals surface area (Å²) < 4.78 is 23.5. The first-order valence-electron chi connectivity index (χ1n) is 8.73. The predicted molar refractivity (Wildman–Crippen MR) is 114 cm³/mol. The molecule has 2 heterocycles. The Labute approximate surface area is 172 Å². The number of aromatic nitrogens is 1. The van der Waals surface area contributed by atoms with E-state index < -0.39 is 9.84 Å². The Morgan fingerprint density at radius 3 is 2.79 bits per heavy atom. The molecule has 1 N–H and O–H groups in total. The number of rotatable bonds is 4. The molecule has 4 rings (SSSR count). The number of carbonyl (C=O) groups excluding carboxylic acids is 1. The van der Waals surface area contributed by atoms with Crippen molar-refractivity contribution in [1.29, 1.82) is 0 Å². The van der Waals surface area contributed by atoms with Gasteiger partial charge in [-0.05, 0) is 36.8 Å². The summed E-state index contributed by atoms with van der Waals surface area (Å²) in [6.45, 7) is 0. The van der Waals surface area contributed by atoms with Crippen molar-refractivity contribution < 1.29 is 13.2 Å². The fourth-order valence-corrected chi connectivity index (χ4v) is 7.08. The van der Waals surface area contributed by atoms with Gasteiger partial charge in [-0.1, -0.05) is 29.8 Å². The lowest BCUT2D eigenvalue weighted by molar-refractivity contribution is 0.102. The Kier molecular flexibility index (Phi) is 5.31. The normalized spacial score (nSPS) is 18.2. The Bertz CT molecular complexity index is 1170. The minimum Gasteiger partial charge on any atom is -0.320 e. The van der Waals surface area contributed by atoms with E-state index in [-0.39, 0.29) is 22.7 Å². The second-order valence-corrected chi connectivity index (χ2v) is 10.6. The van der Waals surface area contributed by atoms with Gasteiger partial charge in [-0.2, -0.15) is 0 Å². The number of hydrogen-bond donors (Lipinski definition) is 1. The molecule has 28 heavy (non-hydrogen) atoms. The van der Waals surface area contributed by atoms with E-state index >= 15 is 0 Å². The number of halogens is 1. The number of amides is 1. The molecule has 3 aromatic rings. The second kappa shape index (κ2) is 7.73. The van der Waals surface area contributed by atoms with Crippen molar-refractivity contribution in [2.75, 3.05) is 16.8 Å². The van der Waals surface area contributed by atoms with Crippen molar-refractivity contribution in [1.82, 2.24) is 4.98 Å². The van der Waals surface area contributed by atoms with Crippen LogP contribution in [0.5, 0.6) is 0 Å². The zero-order chi connectivity index (χ0) is 19.7. The molecular formula is C20H17ClN2O3S2. The van der Waals surface area contributed by atoms with E-state index in [2.05, 4.69) is 10.3 Å². The summed E-state index contributed by atoms with van der Waals surface area (Å²) in [5.41, 5.74) is 1.70. The number of anilines is 1. The average molecular weight is 433 g/mol. The quantitative estimate of drug-likeness (QED) is 0.660. The fraction of sp³-hybridized carbons (Fsp3) is 0.200. The Balaban J connectivity index is 1.61.